The number of nitrogens with zero attached hydrogens (tertiary/aromatic N) is 6. The lowest BCUT2D eigenvalue weighted by molar-refractivity contribution is -0.673. The second-order valence-corrected chi connectivity index (χ2v) is 35.4. The van der Waals surface area contributed by atoms with Crippen molar-refractivity contribution in [2.24, 2.45) is 16.2 Å². The molecule has 4 aliphatic heterocycles. The number of aromatic nitrogens is 2. The number of hydrogen-bond donors (Lipinski definition) is 0. The summed E-state index contributed by atoms with van der Waals surface area (Å²) in [5.41, 5.74) is 14.9. The van der Waals surface area contributed by atoms with Gasteiger partial charge in [0.25, 0.3) is 5.01 Å². The Balaban J connectivity index is 0.000000218. The lowest BCUT2D eigenvalue weighted by Gasteiger charge is -2.29. The number of pyridine rings is 1. The van der Waals surface area contributed by atoms with Gasteiger partial charge in [0.1, 0.15) is 11.2 Å². The van der Waals surface area contributed by atoms with Crippen LogP contribution in [-0.2, 0) is 52.5 Å². The third-order valence-electron chi connectivity index (χ3n) is 23.4. The summed E-state index contributed by atoms with van der Waals surface area (Å²) >= 11 is 3.65. The number of carbonyl (C=O) groups is 3. The van der Waals surface area contributed by atoms with Crippen LogP contribution in [0.3, 0.4) is 0 Å². The van der Waals surface area contributed by atoms with Crippen LogP contribution < -0.4 is 23.8 Å². The molecule has 117 heavy (non-hydrogen) atoms. The molecular formula is C103H132N6O6S2. The first kappa shape index (κ1) is 92.9. The minimum atomic E-state index is -0.444. The van der Waals surface area contributed by atoms with Gasteiger partial charge in [-0.1, -0.05) is 200 Å². The van der Waals surface area contributed by atoms with Crippen molar-refractivity contribution in [1.29, 1.82) is 0 Å². The SMILES string of the molecule is CCCCN1C(=CC=Cc2sc3ccccc3[n+]2CCCOC(=O)C(C)(C)CC)Sc2ccccc21.CCCC[N+]1=C(C=CC=C2N(CCCOC(=O)C(C)(C)CC)c3ccccc3C2(C)C)C(C)(C)c2c1ccc1ccccc21.CCN1C(=Cc2ccc3ccccc3[n+]2CCCOC(=O)C(C)(C)CC)C=Cc2ccccc21.[CH3-].[CH3-].[CH3-]. The molecule has 0 unspecified atom stereocenters. The van der Waals surface area contributed by atoms with Gasteiger partial charge >= 0.3 is 17.9 Å². The predicted octanol–water partition coefficient (Wildman–Crippen LogP) is 25.2. The van der Waals surface area contributed by atoms with Gasteiger partial charge < -0.3 is 51.2 Å². The van der Waals surface area contributed by atoms with E-state index in [1.807, 2.05) is 74.1 Å². The van der Waals surface area contributed by atoms with Crippen LogP contribution in [0.5, 0.6) is 0 Å². The van der Waals surface area contributed by atoms with Crippen molar-refractivity contribution in [3.8, 4) is 0 Å². The van der Waals surface area contributed by atoms with Crippen LogP contribution in [-0.4, -0.2) is 74.2 Å². The first-order chi connectivity index (χ1) is 54.8. The lowest BCUT2D eigenvalue weighted by atomic mass is 9.79. The summed E-state index contributed by atoms with van der Waals surface area (Å²) in [6, 6.07) is 60.6. The number of fused-ring (bicyclic) bond motifs is 8. The van der Waals surface area contributed by atoms with Crippen molar-refractivity contribution >= 4 is 120 Å². The van der Waals surface area contributed by atoms with Crippen LogP contribution >= 0.6 is 23.1 Å². The molecule has 0 amide bonds. The Morgan fingerprint density at radius 2 is 1.03 bits per heavy atom. The molecule has 0 atom stereocenters. The van der Waals surface area contributed by atoms with Gasteiger partial charge in [0.2, 0.25) is 22.4 Å². The summed E-state index contributed by atoms with van der Waals surface area (Å²) < 4.78 is 25.4. The lowest BCUT2D eigenvalue weighted by Crippen LogP contribution is -2.39. The number of anilines is 3. The number of ether oxygens (including phenoxy) is 3. The van der Waals surface area contributed by atoms with Gasteiger partial charge in [0, 0.05) is 125 Å². The van der Waals surface area contributed by atoms with Crippen LogP contribution in [0.1, 0.15) is 202 Å². The van der Waals surface area contributed by atoms with E-state index in [1.165, 1.54) is 116 Å². The molecule has 9 aromatic rings. The zero-order chi connectivity index (χ0) is 81.4. The second-order valence-electron chi connectivity index (χ2n) is 33.3. The van der Waals surface area contributed by atoms with E-state index in [-0.39, 0.29) is 51.0 Å². The monoisotopic (exact) mass is 1610 g/mol. The highest BCUT2D eigenvalue weighted by Gasteiger charge is 2.46. The molecule has 2 aromatic heterocycles. The van der Waals surface area contributed by atoms with Crippen LogP contribution in [0.4, 0.5) is 22.7 Å². The normalized spacial score (nSPS) is 15.5. The van der Waals surface area contributed by atoms with Crippen molar-refractivity contribution < 1.29 is 42.3 Å². The van der Waals surface area contributed by atoms with Crippen LogP contribution in [0.2, 0.25) is 0 Å². The molecule has 7 aromatic carbocycles. The topological polar surface area (TPSA) is 99.4 Å². The van der Waals surface area contributed by atoms with E-state index >= 15 is 0 Å². The standard InChI is InChI=1S/C40H51N2O2.C30H37N2O2S2.C30H35N2O2.3CH3/c1-9-11-26-42-33-25-24-29-18-12-13-19-30(29)36(33)40(7,8)35(42)23-16-22-34-39(5,6)31-20-14-15-21-32(31)41(34)27-17-28-44-37(43)38(3,4)10-2;1-5-7-20-31-23-14-8-10-16-25(23)35-27(31)18-12-19-28-32(24-15-9-11-17-26(24)36-28)21-13-22-34-29(33)30(3,4)6-2;1-5-30(3,4)29(33)34-21-11-20-32-26(19-17-24-13-8-10-15-28(24)32)22-25-18-16-23-12-7-9-14-27(23)31(25)6-2;;;/h12-16,18-25H,9-11,17,26-28H2,1-8H3;8-12,14-19H,5-7,13,20-22H2,1-4H3;7-10,12-19,22H,5-6,11,20-21H2,1-4H3;3*1H3/q3*+1;3*-1. The number of unbranched alkanes of at least 4 members (excludes halogenated alkanes) is 2. The zero-order valence-electron chi connectivity index (χ0n) is 73.7. The molecular weight excluding hydrogens is 1480 g/mol. The molecule has 6 heterocycles. The van der Waals surface area contributed by atoms with Gasteiger partial charge in [-0.3, -0.25) is 14.4 Å². The Kier molecular flexibility index (Phi) is 33.1. The molecule has 0 saturated heterocycles. The Labute approximate surface area is 710 Å². The average Bonchev–Trinajstić information content (AvgIpc) is 1.58. The second kappa shape index (κ2) is 41.7. The molecule has 0 saturated carbocycles. The molecule has 13 rings (SSSR count). The van der Waals surface area contributed by atoms with Gasteiger partial charge in [-0.05, 0) is 183 Å². The van der Waals surface area contributed by atoms with Crippen molar-refractivity contribution in [3.63, 3.8) is 0 Å². The Morgan fingerprint density at radius 1 is 0.487 bits per heavy atom. The molecule has 0 N–H and O–H groups in total. The van der Waals surface area contributed by atoms with Crippen LogP contribution in [0, 0.1) is 38.5 Å². The third-order valence-corrected chi connectivity index (χ3v) is 25.7. The van der Waals surface area contributed by atoms with Crippen LogP contribution in [0.25, 0.3) is 50.1 Å². The number of rotatable bonds is 30. The highest BCUT2D eigenvalue weighted by molar-refractivity contribution is 8.03. The Bertz CT molecular complexity index is 5140. The van der Waals surface area contributed by atoms with Crippen molar-refractivity contribution in [2.45, 2.75) is 204 Å². The fraction of sp³-hybridized carbons (Fsp3) is 0.388. The summed E-state index contributed by atoms with van der Waals surface area (Å²) in [6.07, 6.45) is 29.5. The number of hydrogen-bond acceptors (Lipinski definition) is 11. The molecule has 0 fully saturated rings. The largest absolute Gasteiger partial charge is 0.465 e. The number of para-hydroxylation sites is 5. The minimum absolute atomic E-state index is 0. The number of esters is 3. The maximum absolute atomic E-state index is 12.6. The summed E-state index contributed by atoms with van der Waals surface area (Å²) in [7, 11) is 0. The number of benzene rings is 7. The van der Waals surface area contributed by atoms with Gasteiger partial charge in [-0.25, -0.2) is 0 Å². The number of likely N-dealkylation sites (N-methyl/N-ethyl adjacent to an activating group) is 1. The first-order valence-electron chi connectivity index (χ1n) is 41.8. The highest BCUT2D eigenvalue weighted by atomic mass is 32.2. The smallest absolute Gasteiger partial charge is 0.311 e. The molecule has 4 aliphatic rings. The Morgan fingerprint density at radius 3 is 1.69 bits per heavy atom. The van der Waals surface area contributed by atoms with Crippen molar-refractivity contribution in [3.05, 3.63) is 272 Å². The van der Waals surface area contributed by atoms with E-state index in [2.05, 4.69) is 301 Å². The number of carbonyl (C=O) groups excluding carboxylic acids is 3. The fourth-order valence-corrected chi connectivity index (χ4v) is 17.5. The number of thioether (sulfide) groups is 1. The Hall–Kier alpha value is -9.63. The van der Waals surface area contributed by atoms with Crippen molar-refractivity contribution in [2.75, 3.05) is 60.7 Å². The summed E-state index contributed by atoms with van der Waals surface area (Å²) in [5, 5.41) is 6.32. The van der Waals surface area contributed by atoms with Crippen LogP contribution in [0.15, 0.2) is 228 Å². The quantitative estimate of drug-likeness (QED) is 0.0142. The van der Waals surface area contributed by atoms with Crippen molar-refractivity contribution in [1.82, 2.24) is 0 Å². The van der Waals surface area contributed by atoms with Gasteiger partial charge in [-0.15, -0.1) is 0 Å². The van der Waals surface area contributed by atoms with E-state index in [1.54, 1.807) is 11.3 Å². The summed E-state index contributed by atoms with van der Waals surface area (Å²) in [6.45, 7) is 40.4. The number of allylic oxidation sites excluding steroid dienone is 7. The van der Waals surface area contributed by atoms with E-state index in [9.17, 15) is 14.4 Å². The molecule has 622 valence electrons. The van der Waals surface area contributed by atoms with Gasteiger partial charge in [0.05, 0.1) is 52.2 Å². The molecule has 0 aliphatic carbocycles. The van der Waals surface area contributed by atoms with Gasteiger partial charge in [-0.2, -0.15) is 13.7 Å². The van der Waals surface area contributed by atoms with E-state index in [4.69, 9.17) is 14.2 Å². The third kappa shape index (κ3) is 21.3. The van der Waals surface area contributed by atoms with Gasteiger partial charge in [0.15, 0.2) is 18.8 Å². The number of thiazole rings is 1. The average molecular weight is 1610 g/mol. The molecule has 0 radical (unpaired) electrons. The predicted molar refractivity (Wildman–Crippen MR) is 498 cm³/mol. The molecule has 0 bridgehead atoms. The fourth-order valence-electron chi connectivity index (χ4n) is 15.3. The summed E-state index contributed by atoms with van der Waals surface area (Å²) in [4.78, 5) is 45.8. The molecule has 12 nitrogen and oxygen atoms in total. The summed E-state index contributed by atoms with van der Waals surface area (Å²) in [5.74, 6) is -0.345. The molecule has 0 spiro atoms. The zero-order valence-corrected chi connectivity index (χ0v) is 75.4. The van der Waals surface area contributed by atoms with E-state index in [0.29, 0.717) is 19.8 Å². The maximum atomic E-state index is 12.6. The molecule has 14 heteroatoms. The maximum Gasteiger partial charge on any atom is 0.311 e. The van der Waals surface area contributed by atoms with E-state index < -0.39 is 16.2 Å². The number of aryl methyl sites for hydroxylation is 2. The first-order valence-corrected chi connectivity index (χ1v) is 43.4. The highest BCUT2D eigenvalue weighted by Crippen LogP contribution is 2.50. The van der Waals surface area contributed by atoms with E-state index in [0.717, 1.165) is 96.3 Å². The minimum Gasteiger partial charge on any atom is -0.465 e.